The summed E-state index contributed by atoms with van der Waals surface area (Å²) in [5, 5.41) is 27.0. The van der Waals surface area contributed by atoms with E-state index >= 15 is 0 Å². The minimum absolute atomic E-state index is 0.0182. The van der Waals surface area contributed by atoms with Crippen LogP contribution in [0.4, 0.5) is 11.9 Å². The molecule has 16 heteroatoms. The smallest absolute Gasteiger partial charge is 0.434 e. The lowest BCUT2D eigenvalue weighted by molar-refractivity contribution is -0.396. The second-order valence-electron chi connectivity index (χ2n) is 7.34. The van der Waals surface area contributed by atoms with Crippen molar-refractivity contribution in [2.45, 2.75) is 51.2 Å². The number of carbonyl (C=O) groups excluding carboxylic acids is 3. The van der Waals surface area contributed by atoms with Gasteiger partial charge in [0.2, 0.25) is 11.8 Å². The highest BCUT2D eigenvalue weighted by Crippen LogP contribution is 2.10. The van der Waals surface area contributed by atoms with Crippen LogP contribution in [0, 0.1) is 20.2 Å². The van der Waals surface area contributed by atoms with Gasteiger partial charge in [-0.3, -0.25) is 9.59 Å². The molecular weight excluding hydrogens is 468 g/mol. The molecule has 0 saturated carbocycles. The zero-order chi connectivity index (χ0) is 25.8. The second-order valence-corrected chi connectivity index (χ2v) is 7.34. The molecule has 1 atom stereocenters. The average molecular weight is 494 g/mol. The van der Waals surface area contributed by atoms with Crippen molar-refractivity contribution < 1.29 is 29.0 Å². The lowest BCUT2D eigenvalue weighted by Gasteiger charge is -2.16. The van der Waals surface area contributed by atoms with E-state index in [9.17, 15) is 34.6 Å². The summed E-state index contributed by atoms with van der Waals surface area (Å²) in [7, 11) is 1.20. The number of methoxy groups -OCH3 is 1. The Labute approximate surface area is 199 Å². The third-order valence-corrected chi connectivity index (χ3v) is 4.94. The Balaban J connectivity index is 1.69. The van der Waals surface area contributed by atoms with Crippen LogP contribution >= 0.6 is 0 Å². The first kappa shape index (κ1) is 26.9. The zero-order valence-corrected chi connectivity index (χ0v) is 19.0. The van der Waals surface area contributed by atoms with Crippen LogP contribution in [-0.4, -0.2) is 66.4 Å². The van der Waals surface area contributed by atoms with E-state index < -0.39 is 27.8 Å². The first-order chi connectivity index (χ1) is 16.7. The predicted molar refractivity (Wildman–Crippen MR) is 118 cm³/mol. The van der Waals surface area contributed by atoms with Crippen molar-refractivity contribution in [3.05, 3.63) is 45.0 Å². The minimum atomic E-state index is -0.900. The molecule has 190 valence electrons. The Kier molecular flexibility index (Phi) is 10.3. The monoisotopic (exact) mass is 494 g/mol. The number of nitrogens with one attached hydrogen (secondary N) is 2. The molecule has 0 aliphatic carbocycles. The molecule has 0 unspecified atom stereocenters. The van der Waals surface area contributed by atoms with Crippen molar-refractivity contribution in [3.8, 4) is 0 Å². The lowest BCUT2D eigenvalue weighted by atomic mass is 10.1. The zero-order valence-electron chi connectivity index (χ0n) is 19.0. The number of aromatic nitrogens is 4. The summed E-state index contributed by atoms with van der Waals surface area (Å²) in [6.07, 6.45) is 6.55. The number of hydrogen-bond donors (Lipinski definition) is 2. The molecule has 0 aliphatic rings. The highest BCUT2D eigenvalue weighted by atomic mass is 16.6. The third-order valence-electron chi connectivity index (χ3n) is 4.94. The molecule has 0 saturated heterocycles. The summed E-state index contributed by atoms with van der Waals surface area (Å²) in [5.74, 6) is -2.12. The Morgan fingerprint density at radius 1 is 0.971 bits per heavy atom. The van der Waals surface area contributed by atoms with E-state index in [0.717, 1.165) is 0 Å². The maximum atomic E-state index is 12.2. The number of hydrogen-bond acceptors (Lipinski definition) is 10. The number of ether oxygens (including phenoxy) is 1. The van der Waals surface area contributed by atoms with Crippen LogP contribution in [-0.2, 0) is 32.2 Å². The topological polar surface area (TPSA) is 206 Å². The van der Waals surface area contributed by atoms with Crippen molar-refractivity contribution in [1.82, 2.24) is 29.7 Å². The summed E-state index contributed by atoms with van der Waals surface area (Å²) in [6.45, 7) is 0.447. The molecule has 2 aromatic rings. The van der Waals surface area contributed by atoms with E-state index in [0.29, 0.717) is 19.4 Å². The van der Waals surface area contributed by atoms with Crippen LogP contribution in [0.1, 0.15) is 32.1 Å². The number of nitrogens with zero attached hydrogens (tertiary/aromatic N) is 6. The molecular formula is C19H26N8O8. The molecule has 0 spiro atoms. The van der Waals surface area contributed by atoms with Gasteiger partial charge in [0, 0.05) is 6.54 Å². The van der Waals surface area contributed by atoms with Gasteiger partial charge in [-0.2, -0.15) is 0 Å². The van der Waals surface area contributed by atoms with Gasteiger partial charge in [-0.1, -0.05) is 9.97 Å². The fourth-order valence-electron chi connectivity index (χ4n) is 3.19. The fourth-order valence-corrected chi connectivity index (χ4v) is 3.19. The quantitative estimate of drug-likeness (QED) is 0.150. The third kappa shape index (κ3) is 8.49. The van der Waals surface area contributed by atoms with Crippen LogP contribution in [0.2, 0.25) is 0 Å². The van der Waals surface area contributed by atoms with E-state index in [2.05, 4.69) is 20.6 Å². The molecule has 2 N–H and O–H groups in total. The number of unbranched alkanes of at least 4 members (excludes halogenated alkanes) is 1. The van der Waals surface area contributed by atoms with Gasteiger partial charge in [-0.05, 0) is 29.1 Å². The van der Waals surface area contributed by atoms with E-state index in [1.54, 1.807) is 0 Å². The maximum absolute atomic E-state index is 12.2. The summed E-state index contributed by atoms with van der Waals surface area (Å²) >= 11 is 0. The normalized spacial score (nSPS) is 11.5. The van der Waals surface area contributed by atoms with E-state index in [1.807, 2.05) is 0 Å². The molecule has 2 aromatic heterocycles. The summed E-state index contributed by atoms with van der Waals surface area (Å²) in [4.78, 5) is 63.8. The molecule has 0 aromatic carbocycles. The number of nitro groups is 2. The minimum Gasteiger partial charge on any atom is -0.467 e. The van der Waals surface area contributed by atoms with Crippen LogP contribution < -0.4 is 10.6 Å². The molecule has 0 radical (unpaired) electrons. The van der Waals surface area contributed by atoms with Crippen molar-refractivity contribution in [1.29, 1.82) is 0 Å². The van der Waals surface area contributed by atoms with Crippen molar-refractivity contribution in [3.63, 3.8) is 0 Å². The number of esters is 1. The van der Waals surface area contributed by atoms with Crippen LogP contribution in [0.25, 0.3) is 0 Å². The predicted octanol–water partition coefficient (Wildman–Crippen LogP) is 0.321. The van der Waals surface area contributed by atoms with Crippen LogP contribution in [0.5, 0.6) is 0 Å². The average Bonchev–Trinajstić information content (AvgIpc) is 3.49. The van der Waals surface area contributed by atoms with Gasteiger partial charge >= 0.3 is 17.9 Å². The van der Waals surface area contributed by atoms with Crippen molar-refractivity contribution in [2.75, 3.05) is 13.7 Å². The van der Waals surface area contributed by atoms with Crippen LogP contribution in [0.15, 0.2) is 24.8 Å². The standard InChI is InChI=1S/C19H26N8O8/c1-35-17(30)14(23-16(29)6-11-25-13-9-22-19(25)27(33)34)4-2-3-7-20-15(28)5-10-24-12-8-21-18(24)26(31)32/h8-9,12-14H,2-7,10-11H2,1H3,(H,20,28)(H,23,29)/t14-/m0/s1. The number of imidazole rings is 2. The molecule has 35 heavy (non-hydrogen) atoms. The molecule has 0 fully saturated rings. The summed E-state index contributed by atoms with van der Waals surface area (Å²) < 4.78 is 7.21. The lowest BCUT2D eigenvalue weighted by Crippen LogP contribution is -2.41. The van der Waals surface area contributed by atoms with Gasteiger partial charge in [0.25, 0.3) is 0 Å². The molecule has 2 heterocycles. The van der Waals surface area contributed by atoms with Crippen molar-refractivity contribution >= 4 is 29.7 Å². The number of aryl methyl sites for hydroxylation is 2. The van der Waals surface area contributed by atoms with Gasteiger partial charge in [0.15, 0.2) is 0 Å². The van der Waals surface area contributed by atoms with E-state index in [4.69, 9.17) is 4.74 Å². The van der Waals surface area contributed by atoms with Gasteiger partial charge < -0.3 is 35.6 Å². The summed E-state index contributed by atoms with van der Waals surface area (Å²) in [6, 6.07) is -0.900. The maximum Gasteiger partial charge on any atom is 0.434 e. The molecule has 2 amide bonds. The van der Waals surface area contributed by atoms with Crippen LogP contribution in [0.3, 0.4) is 0 Å². The number of carbonyl (C=O) groups is 3. The van der Waals surface area contributed by atoms with Gasteiger partial charge in [-0.15, -0.1) is 0 Å². The molecule has 0 bridgehead atoms. The Bertz CT molecular complexity index is 1050. The van der Waals surface area contributed by atoms with E-state index in [1.165, 1.54) is 41.0 Å². The SMILES string of the molecule is COC(=O)[C@H](CCCCNC(=O)CCn1ccnc1[N+](=O)[O-])NC(=O)CCn1ccnc1[N+](=O)[O-]. The summed E-state index contributed by atoms with van der Waals surface area (Å²) in [5.41, 5.74) is 0. The molecule has 0 aliphatic heterocycles. The van der Waals surface area contributed by atoms with Gasteiger partial charge in [0.1, 0.15) is 30.8 Å². The Hall–Kier alpha value is -4.37. The highest BCUT2D eigenvalue weighted by Gasteiger charge is 2.22. The number of amides is 2. The first-order valence-electron chi connectivity index (χ1n) is 10.7. The molecule has 16 nitrogen and oxygen atoms in total. The Morgan fingerprint density at radius 3 is 2.03 bits per heavy atom. The largest absolute Gasteiger partial charge is 0.467 e. The van der Waals surface area contributed by atoms with Crippen molar-refractivity contribution in [2.24, 2.45) is 0 Å². The first-order valence-corrected chi connectivity index (χ1v) is 10.7. The second kappa shape index (κ2) is 13.4. The fraction of sp³-hybridized carbons (Fsp3) is 0.526. The molecule has 2 rings (SSSR count). The van der Waals surface area contributed by atoms with E-state index in [-0.39, 0.29) is 50.2 Å². The Morgan fingerprint density at radius 2 is 1.51 bits per heavy atom. The number of rotatable bonds is 15. The highest BCUT2D eigenvalue weighted by molar-refractivity contribution is 5.84. The van der Waals surface area contributed by atoms with Gasteiger partial charge in [0.05, 0.1) is 33.0 Å². The van der Waals surface area contributed by atoms with Gasteiger partial charge in [-0.25, -0.2) is 13.9 Å².